The van der Waals surface area contributed by atoms with E-state index in [1.807, 2.05) is 0 Å². The third-order valence-corrected chi connectivity index (χ3v) is 6.03. The number of rotatable bonds is 3. The highest BCUT2D eigenvalue weighted by atomic mass is 19.2. The normalized spacial score (nSPS) is 11.5. The Morgan fingerprint density at radius 2 is 0.919 bits per heavy atom. The summed E-state index contributed by atoms with van der Waals surface area (Å²) in [5.41, 5.74) is -3.45. The van der Waals surface area contributed by atoms with Gasteiger partial charge in [-0.05, 0) is 33.7 Å². The maximum Gasteiger partial charge on any atom is 0.204 e. The third kappa shape index (κ3) is 3.50. The van der Waals surface area contributed by atoms with Crippen LogP contribution < -0.4 is 4.74 Å². The van der Waals surface area contributed by atoms with Crippen molar-refractivity contribution >= 4 is 21.5 Å². The number of fused-ring (bicyclic) bond motifs is 2. The van der Waals surface area contributed by atoms with Crippen molar-refractivity contribution < 1.29 is 44.3 Å². The van der Waals surface area contributed by atoms with Crippen LogP contribution in [-0.4, -0.2) is 7.11 Å². The van der Waals surface area contributed by atoms with Crippen LogP contribution >= 0.6 is 0 Å². The molecular weight excluding hydrogens is 511 g/mol. The second-order valence-corrected chi connectivity index (χ2v) is 7.99. The minimum Gasteiger partial charge on any atom is -0.491 e. The zero-order valence-electron chi connectivity index (χ0n) is 18.4. The van der Waals surface area contributed by atoms with E-state index in [2.05, 4.69) is 4.74 Å². The van der Waals surface area contributed by atoms with Crippen LogP contribution in [0.2, 0.25) is 0 Å². The van der Waals surface area contributed by atoms with Gasteiger partial charge in [0.25, 0.3) is 0 Å². The quantitative estimate of drug-likeness (QED) is 0.131. The molecule has 5 aromatic rings. The Balaban J connectivity index is 2.08. The van der Waals surface area contributed by atoms with E-state index < -0.39 is 85.7 Å². The first-order chi connectivity index (χ1) is 17.6. The molecule has 0 N–H and O–H groups in total. The van der Waals surface area contributed by atoms with Crippen LogP contribution in [0.5, 0.6) is 5.75 Å². The van der Waals surface area contributed by atoms with E-state index >= 15 is 8.78 Å². The minimum absolute atomic E-state index is 0.0127. The molecule has 0 saturated heterocycles. The van der Waals surface area contributed by atoms with Crippen molar-refractivity contribution in [1.82, 2.24) is 0 Å². The van der Waals surface area contributed by atoms with Gasteiger partial charge in [-0.25, -0.2) is 30.7 Å². The molecule has 0 unspecified atom stereocenters. The van der Waals surface area contributed by atoms with Gasteiger partial charge in [-0.1, -0.05) is 30.3 Å². The van der Waals surface area contributed by atoms with Crippen LogP contribution in [0.4, 0.5) is 39.5 Å². The highest BCUT2D eigenvalue weighted by molar-refractivity contribution is 6.21. The van der Waals surface area contributed by atoms with Crippen molar-refractivity contribution in [3.8, 4) is 28.0 Å². The van der Waals surface area contributed by atoms with Crippen molar-refractivity contribution in [3.05, 3.63) is 101 Å². The standard InChI is InChI=1S/C27H11F9O/c1-37-27-25(35)23(33)20(24(34)26(27)36)17-11-4-2-3-5-12(11)18(14-8-10(28)6-7-13(14)17)19-21(31)15(29)9-16(30)22(19)32/h2-9H,1H3. The van der Waals surface area contributed by atoms with Crippen molar-refractivity contribution in [2.45, 2.75) is 0 Å². The van der Waals surface area contributed by atoms with Crippen LogP contribution in [0.15, 0.2) is 48.5 Å². The molecule has 0 bridgehead atoms. The SMILES string of the molecule is COc1c(F)c(F)c(-c2c3ccccc3c(-c3c(F)c(F)cc(F)c3F)c3cc(F)ccc23)c(F)c1F. The van der Waals surface area contributed by atoms with Gasteiger partial charge in [0.15, 0.2) is 40.7 Å². The molecule has 0 amide bonds. The maximum atomic E-state index is 15.2. The van der Waals surface area contributed by atoms with Gasteiger partial charge in [-0.2, -0.15) is 8.78 Å². The average Bonchev–Trinajstić information content (AvgIpc) is 2.87. The van der Waals surface area contributed by atoms with Crippen LogP contribution in [0, 0.1) is 52.4 Å². The molecule has 0 aliphatic rings. The number of halogens is 9. The van der Waals surface area contributed by atoms with Gasteiger partial charge in [0, 0.05) is 17.2 Å². The fourth-order valence-electron chi connectivity index (χ4n) is 4.49. The first kappa shape index (κ1) is 24.5. The van der Waals surface area contributed by atoms with Crippen molar-refractivity contribution in [2.24, 2.45) is 0 Å². The predicted molar refractivity (Wildman–Crippen MR) is 119 cm³/mol. The predicted octanol–water partition coefficient (Wildman–Crippen LogP) is 8.59. The summed E-state index contributed by atoms with van der Waals surface area (Å²) >= 11 is 0. The number of ether oxygens (including phenoxy) is 1. The van der Waals surface area contributed by atoms with Gasteiger partial charge < -0.3 is 4.74 Å². The van der Waals surface area contributed by atoms with E-state index in [0.29, 0.717) is 6.07 Å². The largest absolute Gasteiger partial charge is 0.491 e. The smallest absolute Gasteiger partial charge is 0.204 e. The molecular formula is C27H11F9O. The lowest BCUT2D eigenvalue weighted by Crippen LogP contribution is -2.05. The number of hydrogen-bond donors (Lipinski definition) is 0. The van der Waals surface area contributed by atoms with Gasteiger partial charge >= 0.3 is 0 Å². The summed E-state index contributed by atoms with van der Waals surface area (Å²) in [6, 6.07) is 7.56. The highest BCUT2D eigenvalue weighted by Crippen LogP contribution is 2.48. The Hall–Kier alpha value is -4.21. The monoisotopic (exact) mass is 522 g/mol. The molecule has 0 spiro atoms. The molecule has 0 fully saturated rings. The van der Waals surface area contributed by atoms with Gasteiger partial charge in [0.05, 0.1) is 18.2 Å². The van der Waals surface area contributed by atoms with E-state index in [1.165, 1.54) is 24.3 Å². The van der Waals surface area contributed by atoms with Gasteiger partial charge in [0.1, 0.15) is 5.82 Å². The summed E-state index contributed by atoms with van der Waals surface area (Å²) in [5, 5.41) is -1.21. The molecule has 0 aliphatic carbocycles. The van der Waals surface area contributed by atoms with Crippen LogP contribution in [0.3, 0.4) is 0 Å². The van der Waals surface area contributed by atoms with Gasteiger partial charge in [-0.15, -0.1) is 0 Å². The highest BCUT2D eigenvalue weighted by Gasteiger charge is 2.31. The molecule has 0 saturated carbocycles. The summed E-state index contributed by atoms with van der Waals surface area (Å²) in [6.45, 7) is 0. The number of hydrogen-bond acceptors (Lipinski definition) is 1. The Bertz CT molecular complexity index is 1710. The average molecular weight is 522 g/mol. The molecule has 0 heterocycles. The van der Waals surface area contributed by atoms with E-state index in [1.54, 1.807) is 0 Å². The fourth-order valence-corrected chi connectivity index (χ4v) is 4.49. The second-order valence-electron chi connectivity index (χ2n) is 7.99. The van der Waals surface area contributed by atoms with E-state index in [4.69, 9.17) is 0 Å². The van der Waals surface area contributed by atoms with E-state index in [9.17, 15) is 30.7 Å². The molecule has 0 aromatic heterocycles. The lowest BCUT2D eigenvalue weighted by molar-refractivity contribution is 0.334. The molecule has 188 valence electrons. The van der Waals surface area contributed by atoms with Crippen molar-refractivity contribution in [1.29, 1.82) is 0 Å². The number of benzene rings is 5. The maximum absolute atomic E-state index is 15.2. The van der Waals surface area contributed by atoms with Gasteiger partial charge in [0.2, 0.25) is 11.6 Å². The van der Waals surface area contributed by atoms with Crippen LogP contribution in [0.25, 0.3) is 43.8 Å². The summed E-state index contributed by atoms with van der Waals surface area (Å²) in [7, 11) is 0.795. The first-order valence-corrected chi connectivity index (χ1v) is 10.5. The van der Waals surface area contributed by atoms with Crippen LogP contribution in [0.1, 0.15) is 0 Å². The summed E-state index contributed by atoms with van der Waals surface area (Å²) in [6.07, 6.45) is 0. The van der Waals surface area contributed by atoms with E-state index in [0.717, 1.165) is 19.2 Å². The molecule has 37 heavy (non-hydrogen) atoms. The zero-order valence-corrected chi connectivity index (χ0v) is 18.4. The summed E-state index contributed by atoms with van der Waals surface area (Å²) in [4.78, 5) is 0. The fraction of sp³-hybridized carbons (Fsp3) is 0.0370. The Morgan fingerprint density at radius 3 is 1.43 bits per heavy atom. The topological polar surface area (TPSA) is 9.23 Å². The molecule has 5 rings (SSSR count). The summed E-state index contributed by atoms with van der Waals surface area (Å²) in [5.74, 6) is -16.8. The lowest BCUT2D eigenvalue weighted by atomic mass is 9.85. The van der Waals surface area contributed by atoms with Crippen molar-refractivity contribution in [2.75, 3.05) is 7.11 Å². The molecule has 5 aromatic carbocycles. The molecule has 1 nitrogen and oxygen atoms in total. The molecule has 10 heteroatoms. The Labute approximate surface area is 202 Å². The third-order valence-electron chi connectivity index (χ3n) is 6.03. The molecule has 0 aliphatic heterocycles. The summed E-state index contributed by atoms with van der Waals surface area (Å²) < 4.78 is 137. The van der Waals surface area contributed by atoms with E-state index in [-0.39, 0.29) is 22.2 Å². The molecule has 0 atom stereocenters. The van der Waals surface area contributed by atoms with Gasteiger partial charge in [-0.3, -0.25) is 0 Å². The Morgan fingerprint density at radius 1 is 0.459 bits per heavy atom. The molecule has 0 radical (unpaired) electrons. The van der Waals surface area contributed by atoms with Crippen molar-refractivity contribution in [3.63, 3.8) is 0 Å². The lowest BCUT2D eigenvalue weighted by Gasteiger charge is -2.20. The Kier molecular flexibility index (Phi) is 5.77. The minimum atomic E-state index is -1.86. The second kappa shape index (κ2) is 8.72. The van der Waals surface area contributed by atoms with Crippen LogP contribution in [-0.2, 0) is 0 Å². The zero-order chi connectivity index (χ0) is 26.8. The number of methoxy groups -OCH3 is 1. The first-order valence-electron chi connectivity index (χ1n) is 10.5.